The summed E-state index contributed by atoms with van der Waals surface area (Å²) in [5.74, 6) is -0.809. The molecule has 2 N–H and O–H groups in total. The van der Waals surface area contributed by atoms with Gasteiger partial charge in [0.1, 0.15) is 5.75 Å². The van der Waals surface area contributed by atoms with Crippen molar-refractivity contribution in [1.29, 1.82) is 0 Å². The topological polar surface area (TPSA) is 102 Å². The number of aliphatic carboxylic acids is 1. The highest BCUT2D eigenvalue weighted by molar-refractivity contribution is 7.53. The molecule has 1 amide bonds. The maximum Gasteiger partial charge on any atom is 0.376 e. The van der Waals surface area contributed by atoms with Gasteiger partial charge in [0.15, 0.2) is 0 Å². The summed E-state index contributed by atoms with van der Waals surface area (Å²) in [6.45, 7) is 4.93. The van der Waals surface area contributed by atoms with Gasteiger partial charge in [-0.25, -0.2) is 4.57 Å². The Bertz CT molecular complexity index is 584. The molecule has 0 aliphatic rings. The summed E-state index contributed by atoms with van der Waals surface area (Å²) in [4.78, 5) is 22.0. The Morgan fingerprint density at radius 3 is 2.35 bits per heavy atom. The second-order valence-corrected chi connectivity index (χ2v) is 7.27. The Kier molecular flexibility index (Phi) is 7.26. The average molecular weight is 343 g/mol. The van der Waals surface area contributed by atoms with E-state index in [2.05, 4.69) is 5.32 Å². The number of hydrogen-bond donors (Lipinski definition) is 2. The monoisotopic (exact) mass is 343 g/mol. The van der Waals surface area contributed by atoms with Gasteiger partial charge in [0.2, 0.25) is 5.91 Å². The first-order valence-corrected chi connectivity index (χ1v) is 9.24. The molecule has 0 saturated carbocycles. The zero-order chi connectivity index (χ0) is 17.5. The van der Waals surface area contributed by atoms with Gasteiger partial charge in [-0.2, -0.15) is 0 Å². The van der Waals surface area contributed by atoms with Crippen LogP contribution in [0.5, 0.6) is 5.75 Å². The Labute approximate surface area is 135 Å². The van der Waals surface area contributed by atoms with Crippen LogP contribution in [0.25, 0.3) is 0 Å². The highest BCUT2D eigenvalue weighted by Crippen LogP contribution is 2.45. The van der Waals surface area contributed by atoms with Crippen molar-refractivity contribution in [2.24, 2.45) is 0 Å². The maximum atomic E-state index is 12.1. The fraction of sp³-hybridized carbons (Fsp3) is 0.467. The number of amides is 1. The van der Waals surface area contributed by atoms with Crippen molar-refractivity contribution in [3.63, 3.8) is 0 Å². The Morgan fingerprint density at radius 1 is 1.22 bits per heavy atom. The van der Waals surface area contributed by atoms with Crippen LogP contribution in [0.1, 0.15) is 33.1 Å². The number of benzene rings is 1. The average Bonchev–Trinajstić information content (AvgIpc) is 2.38. The van der Waals surface area contributed by atoms with Gasteiger partial charge >= 0.3 is 13.6 Å². The summed E-state index contributed by atoms with van der Waals surface area (Å²) in [6.07, 6.45) is 0.169. The SMILES string of the molecule is CC(C)O[P@@](C)(=O)Oc1ccc(NC(=O)CCCC(=O)O)cc1. The van der Waals surface area contributed by atoms with Gasteiger partial charge in [0.25, 0.3) is 0 Å². The lowest BCUT2D eigenvalue weighted by molar-refractivity contribution is -0.137. The van der Waals surface area contributed by atoms with Crippen molar-refractivity contribution in [3.8, 4) is 5.75 Å². The summed E-state index contributed by atoms with van der Waals surface area (Å²) in [5.41, 5.74) is 0.549. The lowest BCUT2D eigenvalue weighted by Crippen LogP contribution is -2.11. The van der Waals surface area contributed by atoms with Crippen molar-refractivity contribution in [2.45, 2.75) is 39.2 Å². The molecule has 0 fully saturated rings. The van der Waals surface area contributed by atoms with Gasteiger partial charge in [-0.3, -0.25) is 14.1 Å². The van der Waals surface area contributed by atoms with E-state index in [1.165, 1.54) is 6.66 Å². The van der Waals surface area contributed by atoms with Crippen molar-refractivity contribution < 1.29 is 28.3 Å². The second-order valence-electron chi connectivity index (χ2n) is 5.34. The zero-order valence-electron chi connectivity index (χ0n) is 13.4. The molecular weight excluding hydrogens is 321 g/mol. The van der Waals surface area contributed by atoms with Gasteiger partial charge in [0, 0.05) is 25.2 Å². The molecule has 0 aromatic heterocycles. The van der Waals surface area contributed by atoms with E-state index in [1.54, 1.807) is 38.1 Å². The van der Waals surface area contributed by atoms with E-state index in [0.717, 1.165) is 0 Å². The molecule has 128 valence electrons. The van der Waals surface area contributed by atoms with Crippen LogP contribution in [0.3, 0.4) is 0 Å². The van der Waals surface area contributed by atoms with E-state index in [4.69, 9.17) is 14.2 Å². The lowest BCUT2D eigenvalue weighted by atomic mass is 10.2. The molecule has 1 aromatic rings. The quantitative estimate of drug-likeness (QED) is 0.665. The Morgan fingerprint density at radius 2 is 1.83 bits per heavy atom. The predicted octanol–water partition coefficient (Wildman–Crippen LogP) is 3.51. The molecular formula is C15H22NO6P. The van der Waals surface area contributed by atoms with Crippen LogP contribution < -0.4 is 9.84 Å². The highest BCUT2D eigenvalue weighted by atomic mass is 31.2. The molecule has 0 unspecified atom stereocenters. The maximum absolute atomic E-state index is 12.1. The van der Waals surface area contributed by atoms with Gasteiger partial charge in [-0.15, -0.1) is 0 Å². The van der Waals surface area contributed by atoms with Gasteiger partial charge in [-0.1, -0.05) is 0 Å². The third kappa shape index (κ3) is 8.38. The molecule has 7 nitrogen and oxygen atoms in total. The number of carbonyl (C=O) groups excluding carboxylic acids is 1. The first kappa shape index (κ1) is 19.2. The fourth-order valence-corrected chi connectivity index (χ4v) is 3.13. The molecule has 0 aliphatic carbocycles. The number of carboxylic acid groups (broad SMARTS) is 1. The number of hydrogen-bond acceptors (Lipinski definition) is 5. The number of anilines is 1. The van der Waals surface area contributed by atoms with Gasteiger partial charge < -0.3 is 14.9 Å². The molecule has 0 spiro atoms. The van der Waals surface area contributed by atoms with Crippen molar-refractivity contribution in [2.75, 3.05) is 12.0 Å². The first-order chi connectivity index (χ1) is 10.7. The Hall–Kier alpha value is -1.85. The molecule has 0 aliphatic heterocycles. The van der Waals surface area contributed by atoms with Gasteiger partial charge in [-0.05, 0) is 44.5 Å². The summed E-state index contributed by atoms with van der Waals surface area (Å²) < 4.78 is 22.6. The van der Waals surface area contributed by atoms with Crippen LogP contribution in [-0.2, 0) is 18.7 Å². The molecule has 1 aromatic carbocycles. The van der Waals surface area contributed by atoms with Crippen LogP contribution in [0, 0.1) is 0 Å². The van der Waals surface area contributed by atoms with E-state index in [9.17, 15) is 14.2 Å². The third-order valence-corrected chi connectivity index (χ3v) is 3.95. The highest BCUT2D eigenvalue weighted by Gasteiger charge is 2.20. The zero-order valence-corrected chi connectivity index (χ0v) is 14.3. The minimum Gasteiger partial charge on any atom is -0.481 e. The summed E-state index contributed by atoms with van der Waals surface area (Å²) >= 11 is 0. The fourth-order valence-electron chi connectivity index (χ4n) is 1.82. The minimum atomic E-state index is -3.18. The molecule has 1 rings (SSSR count). The van der Waals surface area contributed by atoms with Crippen LogP contribution in [0.4, 0.5) is 5.69 Å². The van der Waals surface area contributed by atoms with Crippen LogP contribution in [-0.4, -0.2) is 29.8 Å². The second kappa shape index (κ2) is 8.70. The van der Waals surface area contributed by atoms with E-state index < -0.39 is 13.6 Å². The number of carbonyl (C=O) groups is 2. The molecule has 0 bridgehead atoms. The largest absolute Gasteiger partial charge is 0.481 e. The molecule has 0 radical (unpaired) electrons. The molecule has 8 heteroatoms. The minimum absolute atomic E-state index is 0.0398. The van der Waals surface area contributed by atoms with Crippen LogP contribution >= 0.6 is 7.60 Å². The molecule has 1 atom stereocenters. The number of rotatable bonds is 9. The van der Waals surface area contributed by atoms with Crippen molar-refractivity contribution in [1.82, 2.24) is 0 Å². The Balaban J connectivity index is 2.51. The van der Waals surface area contributed by atoms with E-state index >= 15 is 0 Å². The van der Waals surface area contributed by atoms with E-state index in [0.29, 0.717) is 11.4 Å². The van der Waals surface area contributed by atoms with Crippen LogP contribution in [0.15, 0.2) is 24.3 Å². The van der Waals surface area contributed by atoms with E-state index in [1.807, 2.05) is 0 Å². The predicted molar refractivity (Wildman–Crippen MR) is 86.9 cm³/mol. The first-order valence-electron chi connectivity index (χ1n) is 7.25. The molecule has 0 heterocycles. The molecule has 23 heavy (non-hydrogen) atoms. The summed E-state index contributed by atoms with van der Waals surface area (Å²) in [6, 6.07) is 6.37. The molecule has 0 saturated heterocycles. The normalized spacial score (nSPS) is 13.4. The van der Waals surface area contributed by atoms with E-state index in [-0.39, 0.29) is 31.3 Å². The van der Waals surface area contributed by atoms with Crippen LogP contribution in [0.2, 0.25) is 0 Å². The van der Waals surface area contributed by atoms with Crippen molar-refractivity contribution in [3.05, 3.63) is 24.3 Å². The number of carboxylic acids is 1. The van der Waals surface area contributed by atoms with Crippen molar-refractivity contribution >= 4 is 25.2 Å². The number of nitrogens with one attached hydrogen (secondary N) is 1. The lowest BCUT2D eigenvalue weighted by Gasteiger charge is -2.17. The standard InChI is InChI=1S/C15H22NO6P/c1-11(2)21-23(3,20)22-13-9-7-12(8-10-13)16-14(17)5-4-6-15(18)19/h7-11H,4-6H2,1-3H3,(H,16,17)(H,18,19)/t23-/m1/s1. The summed E-state index contributed by atoms with van der Waals surface area (Å²) in [7, 11) is -3.18. The summed E-state index contributed by atoms with van der Waals surface area (Å²) in [5, 5.41) is 11.2. The van der Waals surface area contributed by atoms with Gasteiger partial charge in [0.05, 0.1) is 6.10 Å². The smallest absolute Gasteiger partial charge is 0.376 e. The third-order valence-electron chi connectivity index (χ3n) is 2.61.